The maximum atomic E-state index is 13.5. The topological polar surface area (TPSA) is 182 Å². The summed E-state index contributed by atoms with van der Waals surface area (Å²) < 4.78 is 17.6. The lowest BCUT2D eigenvalue weighted by molar-refractivity contribution is -0.386. The first-order chi connectivity index (χ1) is 20.5. The fraction of sp³-hybridized carbons (Fsp3) is 0.310. The molecule has 1 N–H and O–H groups in total. The van der Waals surface area contributed by atoms with Crippen molar-refractivity contribution in [3.63, 3.8) is 0 Å². The summed E-state index contributed by atoms with van der Waals surface area (Å²) in [4.78, 5) is 54.3. The summed E-state index contributed by atoms with van der Waals surface area (Å²) in [7, 11) is 0. The SMILES string of the molecule is CC(C)[C@H](NC(=O)Cn1c(-c2ccccc2)ncc([N+](=O)[O-])c1=O)C(=O)c1nnc(C(C)(C)c2ccc3c(c2)OCO3)o1. The Kier molecular flexibility index (Phi) is 7.76. The molecule has 0 aliphatic carbocycles. The van der Waals surface area contributed by atoms with Crippen molar-refractivity contribution in [3.05, 3.63) is 92.5 Å². The van der Waals surface area contributed by atoms with Crippen LogP contribution in [0.1, 0.15) is 49.8 Å². The van der Waals surface area contributed by atoms with Gasteiger partial charge in [-0.3, -0.25) is 29.1 Å². The summed E-state index contributed by atoms with van der Waals surface area (Å²) in [6, 6.07) is 12.8. The molecule has 14 heteroatoms. The van der Waals surface area contributed by atoms with Crippen molar-refractivity contribution in [2.75, 3.05) is 6.79 Å². The van der Waals surface area contributed by atoms with Crippen LogP contribution in [0, 0.1) is 16.0 Å². The second kappa shape index (κ2) is 11.5. The minimum Gasteiger partial charge on any atom is -0.454 e. The second-order valence-corrected chi connectivity index (χ2v) is 10.7. The molecule has 1 amide bonds. The highest BCUT2D eigenvalue weighted by Crippen LogP contribution is 2.38. The third-order valence-electron chi connectivity index (χ3n) is 7.09. The van der Waals surface area contributed by atoms with Gasteiger partial charge in [-0.2, -0.15) is 0 Å². The number of aromatic nitrogens is 4. The first kappa shape index (κ1) is 29.1. The van der Waals surface area contributed by atoms with E-state index in [2.05, 4.69) is 20.5 Å². The number of carbonyl (C=O) groups is 2. The van der Waals surface area contributed by atoms with E-state index < -0.39 is 51.8 Å². The lowest BCUT2D eigenvalue weighted by Gasteiger charge is -2.21. The molecule has 1 atom stereocenters. The number of benzene rings is 2. The van der Waals surface area contributed by atoms with E-state index in [1.807, 2.05) is 19.9 Å². The van der Waals surface area contributed by atoms with Gasteiger partial charge in [-0.05, 0) is 37.5 Å². The minimum atomic E-state index is -1.10. The van der Waals surface area contributed by atoms with E-state index >= 15 is 0 Å². The van der Waals surface area contributed by atoms with Gasteiger partial charge < -0.3 is 19.2 Å². The predicted molar refractivity (Wildman–Crippen MR) is 151 cm³/mol. The van der Waals surface area contributed by atoms with Crippen LogP contribution in [0.5, 0.6) is 11.5 Å². The van der Waals surface area contributed by atoms with E-state index in [-0.39, 0.29) is 24.4 Å². The van der Waals surface area contributed by atoms with Gasteiger partial charge in [-0.25, -0.2) is 4.98 Å². The number of Topliss-reactive ketones (excluding diaryl/α,β-unsaturated/α-hetero) is 1. The van der Waals surface area contributed by atoms with Crippen molar-refractivity contribution in [2.24, 2.45) is 5.92 Å². The van der Waals surface area contributed by atoms with Crippen molar-refractivity contribution in [2.45, 2.75) is 45.7 Å². The fourth-order valence-corrected chi connectivity index (χ4v) is 4.59. The smallest absolute Gasteiger partial charge is 0.352 e. The molecule has 0 unspecified atom stereocenters. The predicted octanol–water partition coefficient (Wildman–Crippen LogP) is 3.28. The normalized spacial score (nSPS) is 13.1. The molecule has 5 rings (SSSR count). The van der Waals surface area contributed by atoms with Gasteiger partial charge in [0.15, 0.2) is 11.5 Å². The molecule has 14 nitrogen and oxygen atoms in total. The third kappa shape index (κ3) is 5.71. The number of carbonyl (C=O) groups excluding carboxylic acids is 2. The van der Waals surface area contributed by atoms with Gasteiger partial charge in [0, 0.05) is 5.56 Å². The number of nitrogens with zero attached hydrogens (tertiary/aromatic N) is 5. The van der Waals surface area contributed by atoms with E-state index in [4.69, 9.17) is 13.9 Å². The molecule has 2 aromatic carbocycles. The average Bonchev–Trinajstić information content (AvgIpc) is 3.67. The highest BCUT2D eigenvalue weighted by molar-refractivity contribution is 5.98. The monoisotopic (exact) mass is 588 g/mol. The molecule has 43 heavy (non-hydrogen) atoms. The van der Waals surface area contributed by atoms with Crippen LogP contribution in [0.15, 0.2) is 63.9 Å². The molecule has 0 saturated carbocycles. The Morgan fingerprint density at radius 1 is 1.09 bits per heavy atom. The second-order valence-electron chi connectivity index (χ2n) is 10.7. The quantitative estimate of drug-likeness (QED) is 0.163. The van der Waals surface area contributed by atoms with Crippen LogP contribution < -0.4 is 20.3 Å². The van der Waals surface area contributed by atoms with E-state index in [9.17, 15) is 24.5 Å². The van der Waals surface area contributed by atoms with E-state index in [0.29, 0.717) is 17.1 Å². The molecule has 0 spiro atoms. The highest BCUT2D eigenvalue weighted by atomic mass is 16.7. The van der Waals surface area contributed by atoms with E-state index in [0.717, 1.165) is 16.3 Å². The maximum Gasteiger partial charge on any atom is 0.352 e. The Morgan fingerprint density at radius 3 is 2.51 bits per heavy atom. The van der Waals surface area contributed by atoms with Gasteiger partial charge in [0.25, 0.3) is 5.89 Å². The molecule has 222 valence electrons. The number of hydrogen-bond donors (Lipinski definition) is 1. The third-order valence-corrected chi connectivity index (χ3v) is 7.09. The number of fused-ring (bicyclic) bond motifs is 1. The van der Waals surface area contributed by atoms with E-state index in [1.54, 1.807) is 56.3 Å². The first-order valence-electron chi connectivity index (χ1n) is 13.3. The first-order valence-corrected chi connectivity index (χ1v) is 13.3. The van der Waals surface area contributed by atoms with Gasteiger partial charge in [0.05, 0.1) is 16.4 Å². The molecule has 1 aliphatic heterocycles. The Morgan fingerprint density at radius 2 is 1.81 bits per heavy atom. The number of hydrogen-bond acceptors (Lipinski definition) is 11. The fourth-order valence-electron chi connectivity index (χ4n) is 4.59. The lowest BCUT2D eigenvalue weighted by Crippen LogP contribution is -2.46. The highest BCUT2D eigenvalue weighted by Gasteiger charge is 2.35. The van der Waals surface area contributed by atoms with Crippen molar-refractivity contribution in [3.8, 4) is 22.9 Å². The molecule has 0 bridgehead atoms. The molecule has 0 fully saturated rings. The van der Waals surface area contributed by atoms with Gasteiger partial charge >= 0.3 is 11.2 Å². The van der Waals surface area contributed by atoms with Gasteiger partial charge in [-0.15, -0.1) is 10.2 Å². The zero-order valence-corrected chi connectivity index (χ0v) is 23.8. The Labute approximate surface area is 244 Å². The van der Waals surface area contributed by atoms with Gasteiger partial charge in [0.2, 0.25) is 24.4 Å². The molecule has 0 radical (unpaired) electrons. The van der Waals surface area contributed by atoms with Crippen LogP contribution in [0.25, 0.3) is 11.4 Å². The molecular weight excluding hydrogens is 560 g/mol. The van der Waals surface area contributed by atoms with Crippen molar-refractivity contribution in [1.82, 2.24) is 25.1 Å². The average molecular weight is 589 g/mol. The van der Waals surface area contributed by atoms with Crippen molar-refractivity contribution >= 4 is 17.4 Å². The molecule has 0 saturated heterocycles. The minimum absolute atomic E-state index is 0.0612. The summed E-state index contributed by atoms with van der Waals surface area (Å²) >= 11 is 0. The zero-order valence-electron chi connectivity index (χ0n) is 23.8. The number of ether oxygens (including phenoxy) is 2. The van der Waals surface area contributed by atoms with Gasteiger partial charge in [0.1, 0.15) is 18.6 Å². The van der Waals surface area contributed by atoms with Crippen LogP contribution in [-0.2, 0) is 16.8 Å². The molecule has 1 aliphatic rings. The maximum absolute atomic E-state index is 13.5. The van der Waals surface area contributed by atoms with E-state index in [1.165, 1.54) is 0 Å². The molecule has 2 aromatic heterocycles. The number of ketones is 1. The van der Waals surface area contributed by atoms with Crippen LogP contribution in [0.2, 0.25) is 0 Å². The van der Waals surface area contributed by atoms with Crippen LogP contribution in [-0.4, -0.2) is 49.2 Å². The van der Waals surface area contributed by atoms with Crippen LogP contribution in [0.4, 0.5) is 5.69 Å². The summed E-state index contributed by atoms with van der Waals surface area (Å²) in [6.45, 7) is 6.63. The zero-order chi connectivity index (χ0) is 30.9. The Balaban J connectivity index is 1.38. The standard InChI is InChI=1S/C29H28N6O8/c1-16(2)23(24(37)26-32-33-28(43-26)29(3,4)18-10-11-20-21(12-18)42-15-41-20)31-22(36)14-34-25(17-8-6-5-7-9-17)30-13-19(27(34)38)35(39)40/h5-13,16,23H,14-15H2,1-4H3,(H,31,36)/t23-/m0/s1. The van der Waals surface area contributed by atoms with Crippen LogP contribution in [0.3, 0.4) is 0 Å². The summed E-state index contributed by atoms with van der Waals surface area (Å²) in [6.07, 6.45) is 0.859. The summed E-state index contributed by atoms with van der Waals surface area (Å²) in [5.74, 6) is -0.654. The number of nitro groups is 1. The largest absolute Gasteiger partial charge is 0.454 e. The van der Waals surface area contributed by atoms with Crippen molar-refractivity contribution < 1.29 is 28.4 Å². The van der Waals surface area contributed by atoms with Crippen LogP contribution >= 0.6 is 0 Å². The number of nitrogens with one attached hydrogen (secondary N) is 1. The lowest BCUT2D eigenvalue weighted by atomic mass is 9.84. The number of rotatable bonds is 10. The molecule has 3 heterocycles. The number of amides is 1. The summed E-state index contributed by atoms with van der Waals surface area (Å²) in [5.41, 5.74) is -1.32. The summed E-state index contributed by atoms with van der Waals surface area (Å²) in [5, 5.41) is 22.1. The molecular formula is C29H28N6O8. The Hall–Kier alpha value is -5.40. The van der Waals surface area contributed by atoms with Crippen molar-refractivity contribution in [1.29, 1.82) is 0 Å². The van der Waals surface area contributed by atoms with Gasteiger partial charge in [-0.1, -0.05) is 50.2 Å². The Bertz CT molecular complexity index is 1760. The molecule has 4 aromatic rings.